The molecule has 0 fully saturated rings. The zero-order chi connectivity index (χ0) is 13.1. The summed E-state index contributed by atoms with van der Waals surface area (Å²) in [6.45, 7) is 4.11. The second-order valence-electron chi connectivity index (χ2n) is 4.17. The minimum Gasteiger partial charge on any atom is -0.354 e. The van der Waals surface area contributed by atoms with Gasteiger partial charge in [0.25, 0.3) is 0 Å². The molecule has 1 N–H and O–H groups in total. The molecule has 2 rings (SSSR count). The molecule has 0 atom stereocenters. The van der Waals surface area contributed by atoms with Crippen LogP contribution in [0.25, 0.3) is 0 Å². The van der Waals surface area contributed by atoms with Gasteiger partial charge in [0.05, 0.1) is 11.3 Å². The Bertz CT molecular complexity index is 627. The van der Waals surface area contributed by atoms with Crippen molar-refractivity contribution in [2.24, 2.45) is 0 Å². The fourth-order valence-corrected chi connectivity index (χ4v) is 1.92. The third kappa shape index (κ3) is 2.47. The van der Waals surface area contributed by atoms with Crippen molar-refractivity contribution in [1.82, 2.24) is 0 Å². The zero-order valence-electron chi connectivity index (χ0n) is 10.3. The minimum absolute atomic E-state index is 0.584. The van der Waals surface area contributed by atoms with Crippen molar-refractivity contribution in [3.8, 4) is 6.07 Å². The van der Waals surface area contributed by atoms with Gasteiger partial charge in [-0.2, -0.15) is 5.26 Å². The molecule has 2 aromatic carbocycles. The molecule has 0 aromatic heterocycles. The van der Waals surface area contributed by atoms with E-state index in [0.29, 0.717) is 10.6 Å². The van der Waals surface area contributed by atoms with Crippen LogP contribution in [0.5, 0.6) is 0 Å². The van der Waals surface area contributed by atoms with Crippen molar-refractivity contribution in [2.45, 2.75) is 13.8 Å². The molecule has 0 saturated heterocycles. The predicted octanol–water partition coefficient (Wildman–Crippen LogP) is 4.57. The lowest BCUT2D eigenvalue weighted by atomic mass is 10.1. The van der Waals surface area contributed by atoms with Crippen LogP contribution >= 0.6 is 11.6 Å². The molecule has 0 saturated carbocycles. The molecular weight excluding hydrogens is 244 g/mol. The molecule has 0 aliphatic heterocycles. The SMILES string of the molecule is Cc1cccc(Nc2cc(Cl)ccc2C#N)c1C. The first kappa shape index (κ1) is 12.5. The van der Waals surface area contributed by atoms with E-state index >= 15 is 0 Å². The number of rotatable bonds is 2. The molecule has 90 valence electrons. The maximum absolute atomic E-state index is 9.08. The number of nitrogens with zero attached hydrogens (tertiary/aromatic N) is 1. The highest BCUT2D eigenvalue weighted by atomic mass is 35.5. The van der Waals surface area contributed by atoms with Gasteiger partial charge in [-0.1, -0.05) is 23.7 Å². The summed E-state index contributed by atoms with van der Waals surface area (Å²) < 4.78 is 0. The van der Waals surface area contributed by atoms with Crippen molar-refractivity contribution in [3.05, 3.63) is 58.1 Å². The maximum atomic E-state index is 9.08. The summed E-state index contributed by atoms with van der Waals surface area (Å²) in [6, 6.07) is 13.4. The first-order valence-electron chi connectivity index (χ1n) is 5.64. The Morgan fingerprint density at radius 3 is 2.61 bits per heavy atom. The van der Waals surface area contributed by atoms with Crippen LogP contribution in [0.4, 0.5) is 11.4 Å². The highest BCUT2D eigenvalue weighted by molar-refractivity contribution is 6.30. The van der Waals surface area contributed by atoms with Crippen LogP contribution in [0.15, 0.2) is 36.4 Å². The van der Waals surface area contributed by atoms with Gasteiger partial charge in [0, 0.05) is 10.7 Å². The fraction of sp³-hybridized carbons (Fsp3) is 0.133. The molecule has 0 heterocycles. The molecule has 18 heavy (non-hydrogen) atoms. The van der Waals surface area contributed by atoms with E-state index in [-0.39, 0.29) is 0 Å². The second-order valence-corrected chi connectivity index (χ2v) is 4.61. The highest BCUT2D eigenvalue weighted by Crippen LogP contribution is 2.27. The quantitative estimate of drug-likeness (QED) is 0.854. The van der Waals surface area contributed by atoms with Crippen molar-refractivity contribution in [3.63, 3.8) is 0 Å². The smallest absolute Gasteiger partial charge is 0.101 e. The van der Waals surface area contributed by atoms with Crippen molar-refractivity contribution >= 4 is 23.0 Å². The summed E-state index contributed by atoms with van der Waals surface area (Å²) in [5, 5.41) is 13.0. The molecule has 0 radical (unpaired) electrons. The summed E-state index contributed by atoms with van der Waals surface area (Å²) in [6.07, 6.45) is 0. The Labute approximate surface area is 112 Å². The van der Waals surface area contributed by atoms with Crippen LogP contribution in [0.1, 0.15) is 16.7 Å². The summed E-state index contributed by atoms with van der Waals surface area (Å²) in [5.41, 5.74) is 4.69. The first-order valence-corrected chi connectivity index (χ1v) is 6.02. The van der Waals surface area contributed by atoms with Gasteiger partial charge in [-0.15, -0.1) is 0 Å². The number of anilines is 2. The van der Waals surface area contributed by atoms with Crippen LogP contribution in [-0.4, -0.2) is 0 Å². The molecule has 0 amide bonds. The Kier molecular flexibility index (Phi) is 3.55. The lowest BCUT2D eigenvalue weighted by Crippen LogP contribution is -1.97. The Balaban J connectivity index is 2.43. The summed E-state index contributed by atoms with van der Waals surface area (Å²) in [5.74, 6) is 0. The van der Waals surface area contributed by atoms with Gasteiger partial charge in [0.1, 0.15) is 6.07 Å². The lowest BCUT2D eigenvalue weighted by Gasteiger charge is -2.12. The molecule has 3 heteroatoms. The zero-order valence-corrected chi connectivity index (χ0v) is 11.0. The monoisotopic (exact) mass is 256 g/mol. The molecule has 2 nitrogen and oxygen atoms in total. The fourth-order valence-electron chi connectivity index (χ4n) is 1.75. The summed E-state index contributed by atoms with van der Waals surface area (Å²) in [4.78, 5) is 0. The van der Waals surface area contributed by atoms with Gasteiger partial charge in [-0.05, 0) is 49.2 Å². The van der Waals surface area contributed by atoms with Gasteiger partial charge in [-0.25, -0.2) is 0 Å². The van der Waals surface area contributed by atoms with E-state index in [0.717, 1.165) is 11.4 Å². The lowest BCUT2D eigenvalue weighted by molar-refractivity contribution is 1.33. The third-order valence-corrected chi connectivity index (χ3v) is 3.21. The number of benzene rings is 2. The van der Waals surface area contributed by atoms with Gasteiger partial charge >= 0.3 is 0 Å². The number of nitrogens with one attached hydrogen (secondary N) is 1. The van der Waals surface area contributed by atoms with Crippen LogP contribution in [-0.2, 0) is 0 Å². The molecular formula is C15H13ClN2. The number of nitriles is 1. The molecule has 0 aliphatic rings. The number of hydrogen-bond acceptors (Lipinski definition) is 2. The van der Waals surface area contributed by atoms with E-state index in [4.69, 9.17) is 16.9 Å². The Morgan fingerprint density at radius 2 is 1.89 bits per heavy atom. The summed E-state index contributed by atoms with van der Waals surface area (Å²) in [7, 11) is 0. The second kappa shape index (κ2) is 5.12. The van der Waals surface area contributed by atoms with Gasteiger partial charge in [0.15, 0.2) is 0 Å². The third-order valence-electron chi connectivity index (χ3n) is 2.98. The van der Waals surface area contributed by atoms with E-state index in [1.54, 1.807) is 18.2 Å². The van der Waals surface area contributed by atoms with E-state index in [2.05, 4.69) is 24.4 Å². The number of halogens is 1. The van der Waals surface area contributed by atoms with Crippen LogP contribution in [0, 0.1) is 25.2 Å². The standard InChI is InChI=1S/C15H13ClN2/c1-10-4-3-5-14(11(10)2)18-15-8-13(16)7-6-12(15)9-17/h3-8,18H,1-2H3. The molecule has 0 spiro atoms. The van der Waals surface area contributed by atoms with Crippen molar-refractivity contribution in [1.29, 1.82) is 5.26 Å². The number of hydrogen-bond donors (Lipinski definition) is 1. The largest absolute Gasteiger partial charge is 0.354 e. The van der Waals surface area contributed by atoms with E-state index in [9.17, 15) is 0 Å². The number of aryl methyl sites for hydroxylation is 1. The van der Waals surface area contributed by atoms with E-state index < -0.39 is 0 Å². The average molecular weight is 257 g/mol. The minimum atomic E-state index is 0.584. The van der Waals surface area contributed by atoms with Crippen LogP contribution in [0.2, 0.25) is 5.02 Å². The topological polar surface area (TPSA) is 35.8 Å². The van der Waals surface area contributed by atoms with Crippen molar-refractivity contribution < 1.29 is 0 Å². The van der Waals surface area contributed by atoms with E-state index in [1.807, 2.05) is 19.1 Å². The van der Waals surface area contributed by atoms with Crippen molar-refractivity contribution in [2.75, 3.05) is 5.32 Å². The Hall–Kier alpha value is -1.98. The highest BCUT2D eigenvalue weighted by Gasteiger charge is 2.06. The summed E-state index contributed by atoms with van der Waals surface area (Å²) >= 11 is 5.96. The maximum Gasteiger partial charge on any atom is 0.101 e. The average Bonchev–Trinajstić information content (AvgIpc) is 2.35. The van der Waals surface area contributed by atoms with Gasteiger partial charge < -0.3 is 5.32 Å². The molecule has 0 unspecified atom stereocenters. The molecule has 0 bridgehead atoms. The van der Waals surface area contributed by atoms with Gasteiger partial charge in [0.2, 0.25) is 0 Å². The van der Waals surface area contributed by atoms with E-state index in [1.165, 1.54) is 11.1 Å². The first-order chi connectivity index (χ1) is 8.61. The molecule has 0 aliphatic carbocycles. The van der Waals surface area contributed by atoms with Crippen LogP contribution in [0.3, 0.4) is 0 Å². The van der Waals surface area contributed by atoms with Crippen LogP contribution < -0.4 is 5.32 Å². The predicted molar refractivity (Wildman–Crippen MR) is 75.4 cm³/mol. The Morgan fingerprint density at radius 1 is 1.11 bits per heavy atom. The van der Waals surface area contributed by atoms with Gasteiger partial charge in [-0.3, -0.25) is 0 Å². The normalized spacial score (nSPS) is 9.89. The molecule has 2 aromatic rings.